The second-order valence-electron chi connectivity index (χ2n) is 1.54. The molecule has 0 aromatic carbocycles. The quantitative estimate of drug-likeness (QED) is 0.347. The van der Waals surface area contributed by atoms with E-state index in [1.54, 1.807) is 6.26 Å². The third-order valence-corrected chi connectivity index (χ3v) is 1.80. The first-order valence-electron chi connectivity index (χ1n) is 2.68. The van der Waals surface area contributed by atoms with E-state index in [4.69, 9.17) is 5.21 Å². The molecule has 0 aliphatic rings. The molecule has 0 aromatic heterocycles. The van der Waals surface area contributed by atoms with Crippen LogP contribution in [0.15, 0.2) is 5.16 Å². The highest BCUT2D eigenvalue weighted by molar-refractivity contribution is 8.00. The van der Waals surface area contributed by atoms with Crippen molar-refractivity contribution >= 4 is 23.9 Å². The lowest BCUT2D eigenvalue weighted by Gasteiger charge is -2.04. The Labute approximate surface area is 63.7 Å². The summed E-state index contributed by atoms with van der Waals surface area (Å²) in [4.78, 5) is 10.8. The van der Waals surface area contributed by atoms with E-state index in [0.717, 1.165) is 0 Å². The van der Waals surface area contributed by atoms with Gasteiger partial charge in [-0.1, -0.05) is 0 Å². The number of thioether (sulfide) groups is 1. The summed E-state index contributed by atoms with van der Waals surface area (Å²) >= 11 is 1.31. The van der Waals surface area contributed by atoms with Gasteiger partial charge in [-0.25, -0.2) is 0 Å². The lowest BCUT2D eigenvalue weighted by atomic mass is 10.4. The van der Waals surface area contributed by atoms with Crippen LogP contribution >= 0.6 is 11.8 Å². The Bertz CT molecular complexity index is 138. The molecule has 0 rings (SSSR count). The van der Waals surface area contributed by atoms with Gasteiger partial charge in [0.25, 0.3) is 0 Å². The average molecular weight is 162 g/mol. The van der Waals surface area contributed by atoms with Crippen LogP contribution in [0.2, 0.25) is 0 Å². The lowest BCUT2D eigenvalue weighted by molar-refractivity contribution is -0.118. The molecule has 0 aliphatic heterocycles. The van der Waals surface area contributed by atoms with Gasteiger partial charge in [0.15, 0.2) is 0 Å². The van der Waals surface area contributed by atoms with Gasteiger partial charge < -0.3 is 10.5 Å². The Kier molecular flexibility index (Phi) is 4.74. The van der Waals surface area contributed by atoms with E-state index in [2.05, 4.69) is 10.5 Å². The topological polar surface area (TPSA) is 61.7 Å². The second-order valence-corrected chi connectivity index (χ2v) is 2.51. The van der Waals surface area contributed by atoms with Crippen molar-refractivity contribution in [2.75, 3.05) is 13.3 Å². The zero-order valence-corrected chi connectivity index (χ0v) is 6.68. The molecule has 1 unspecified atom stereocenters. The highest BCUT2D eigenvalue weighted by atomic mass is 32.2. The number of rotatable bonds is 3. The van der Waals surface area contributed by atoms with Crippen molar-refractivity contribution in [2.24, 2.45) is 5.16 Å². The summed E-state index contributed by atoms with van der Waals surface area (Å²) in [6.45, 7) is 0. The van der Waals surface area contributed by atoms with Crippen LogP contribution in [0.25, 0.3) is 0 Å². The molecule has 0 saturated carbocycles. The third-order valence-electron chi connectivity index (χ3n) is 0.961. The maximum Gasteiger partial charge on any atom is 0.238 e. The summed E-state index contributed by atoms with van der Waals surface area (Å²) in [6, 6.07) is 0. The minimum absolute atomic E-state index is 0.162. The number of nitrogens with one attached hydrogen (secondary N) is 1. The Balaban J connectivity index is 3.93. The van der Waals surface area contributed by atoms with E-state index in [9.17, 15) is 4.79 Å². The van der Waals surface area contributed by atoms with Gasteiger partial charge in [-0.3, -0.25) is 4.79 Å². The monoisotopic (exact) mass is 162 g/mol. The number of oxime groups is 1. The molecule has 0 radical (unpaired) electrons. The normalized spacial score (nSPS) is 13.4. The standard InChI is InChI=1S/C5H10N2O2S/c1-6-5(8)4(10-2)3-7-9/h3-4,9H,1-2H3,(H,6,8). The zero-order valence-electron chi connectivity index (χ0n) is 5.87. The van der Waals surface area contributed by atoms with Crippen LogP contribution in [0, 0.1) is 0 Å². The Morgan fingerprint density at radius 1 is 1.90 bits per heavy atom. The molecule has 0 heterocycles. The van der Waals surface area contributed by atoms with Crippen molar-refractivity contribution in [2.45, 2.75) is 5.25 Å². The van der Waals surface area contributed by atoms with Gasteiger partial charge >= 0.3 is 0 Å². The van der Waals surface area contributed by atoms with Crippen LogP contribution in [0.5, 0.6) is 0 Å². The molecule has 0 saturated heterocycles. The molecule has 0 fully saturated rings. The van der Waals surface area contributed by atoms with Gasteiger partial charge in [0.05, 0.1) is 6.21 Å². The summed E-state index contributed by atoms with van der Waals surface area (Å²) in [5.41, 5.74) is 0. The molecular formula is C5H10N2O2S. The molecule has 58 valence electrons. The number of carbonyl (C=O) groups is 1. The third kappa shape index (κ3) is 2.72. The number of hydrogen-bond donors (Lipinski definition) is 2. The van der Waals surface area contributed by atoms with Gasteiger partial charge in [0, 0.05) is 7.05 Å². The minimum atomic E-state index is -0.394. The molecule has 0 bridgehead atoms. The lowest BCUT2D eigenvalue weighted by Crippen LogP contribution is -2.30. The van der Waals surface area contributed by atoms with E-state index in [1.165, 1.54) is 25.0 Å². The van der Waals surface area contributed by atoms with Gasteiger partial charge in [-0.2, -0.15) is 0 Å². The predicted octanol–water partition coefficient (Wildman–Crippen LogP) is -0.0760. The summed E-state index contributed by atoms with van der Waals surface area (Å²) < 4.78 is 0. The van der Waals surface area contributed by atoms with E-state index in [0.29, 0.717) is 0 Å². The molecule has 5 heteroatoms. The van der Waals surface area contributed by atoms with Gasteiger partial charge in [0.1, 0.15) is 5.25 Å². The van der Waals surface area contributed by atoms with Crippen molar-refractivity contribution in [1.29, 1.82) is 0 Å². The number of nitrogens with zero attached hydrogens (tertiary/aromatic N) is 1. The first-order valence-corrected chi connectivity index (χ1v) is 3.97. The summed E-state index contributed by atoms with van der Waals surface area (Å²) in [5.74, 6) is -0.162. The molecule has 4 nitrogen and oxygen atoms in total. The van der Waals surface area contributed by atoms with Crippen LogP contribution in [0.4, 0.5) is 0 Å². The average Bonchev–Trinajstić information content (AvgIpc) is 1.99. The van der Waals surface area contributed by atoms with Crippen molar-refractivity contribution in [3.63, 3.8) is 0 Å². The largest absolute Gasteiger partial charge is 0.411 e. The number of carbonyl (C=O) groups excluding carboxylic acids is 1. The van der Waals surface area contributed by atoms with E-state index >= 15 is 0 Å². The van der Waals surface area contributed by atoms with Crippen molar-refractivity contribution in [1.82, 2.24) is 5.32 Å². The highest BCUT2D eigenvalue weighted by Gasteiger charge is 2.11. The molecule has 0 aliphatic carbocycles. The highest BCUT2D eigenvalue weighted by Crippen LogP contribution is 2.02. The molecule has 10 heavy (non-hydrogen) atoms. The summed E-state index contributed by atoms with van der Waals surface area (Å²) in [6.07, 6.45) is 2.95. The Hall–Kier alpha value is -0.710. The van der Waals surface area contributed by atoms with Crippen LogP contribution in [0.1, 0.15) is 0 Å². The van der Waals surface area contributed by atoms with E-state index in [1.807, 2.05) is 0 Å². The number of hydrogen-bond acceptors (Lipinski definition) is 4. The van der Waals surface area contributed by atoms with Crippen molar-refractivity contribution in [3.8, 4) is 0 Å². The van der Waals surface area contributed by atoms with E-state index < -0.39 is 5.25 Å². The predicted molar refractivity (Wildman–Crippen MR) is 41.6 cm³/mol. The minimum Gasteiger partial charge on any atom is -0.411 e. The molecule has 1 atom stereocenters. The Morgan fingerprint density at radius 2 is 2.50 bits per heavy atom. The van der Waals surface area contributed by atoms with Crippen molar-refractivity contribution < 1.29 is 10.0 Å². The SMILES string of the molecule is CNC(=O)C(C=NO)SC. The molecule has 2 N–H and O–H groups in total. The van der Waals surface area contributed by atoms with Crippen LogP contribution < -0.4 is 5.32 Å². The number of amides is 1. The van der Waals surface area contributed by atoms with Gasteiger partial charge in [-0.05, 0) is 6.26 Å². The molecule has 0 aromatic rings. The smallest absolute Gasteiger partial charge is 0.238 e. The van der Waals surface area contributed by atoms with Crippen LogP contribution in [-0.2, 0) is 4.79 Å². The molecular weight excluding hydrogens is 152 g/mol. The summed E-state index contributed by atoms with van der Waals surface area (Å²) in [5, 5.41) is 12.9. The Morgan fingerprint density at radius 3 is 2.80 bits per heavy atom. The maximum absolute atomic E-state index is 10.8. The zero-order chi connectivity index (χ0) is 7.98. The summed E-state index contributed by atoms with van der Waals surface area (Å²) in [7, 11) is 1.54. The first kappa shape index (κ1) is 9.29. The fourth-order valence-electron chi connectivity index (χ4n) is 0.438. The van der Waals surface area contributed by atoms with Gasteiger partial charge in [-0.15, -0.1) is 16.9 Å². The maximum atomic E-state index is 10.8. The van der Waals surface area contributed by atoms with Crippen LogP contribution in [-0.4, -0.2) is 35.9 Å². The first-order chi connectivity index (χ1) is 4.76. The van der Waals surface area contributed by atoms with Crippen LogP contribution in [0.3, 0.4) is 0 Å². The fraction of sp³-hybridized carbons (Fsp3) is 0.600. The van der Waals surface area contributed by atoms with E-state index in [-0.39, 0.29) is 5.91 Å². The molecule has 0 spiro atoms. The molecule has 1 amide bonds. The van der Waals surface area contributed by atoms with Gasteiger partial charge in [0.2, 0.25) is 5.91 Å². The second kappa shape index (κ2) is 5.10. The van der Waals surface area contributed by atoms with Crippen molar-refractivity contribution in [3.05, 3.63) is 0 Å². The fourth-order valence-corrected chi connectivity index (χ4v) is 0.946.